The van der Waals surface area contributed by atoms with Gasteiger partial charge in [-0.1, -0.05) is 29.5 Å². The van der Waals surface area contributed by atoms with Crippen molar-refractivity contribution in [2.24, 2.45) is 0 Å². The molecule has 0 radical (unpaired) electrons. The van der Waals surface area contributed by atoms with E-state index in [2.05, 4.69) is 69.0 Å². The molecule has 1 nitrogen and oxygen atoms in total. The molecule has 0 aromatic carbocycles. The number of hydrogen-bond acceptors (Lipinski definition) is 1. The van der Waals surface area contributed by atoms with Crippen LogP contribution >= 0.6 is 22.6 Å². The minimum absolute atomic E-state index is 0.278. The van der Waals surface area contributed by atoms with Crippen molar-refractivity contribution < 1.29 is 0 Å². The van der Waals surface area contributed by atoms with Gasteiger partial charge in [0.2, 0.25) is 0 Å². The lowest BCUT2D eigenvalue weighted by Crippen LogP contribution is -2.52. The van der Waals surface area contributed by atoms with E-state index in [1.807, 2.05) is 0 Å². The smallest absolute Gasteiger partial charge is 0.0516 e. The van der Waals surface area contributed by atoms with E-state index in [1.54, 1.807) is 0 Å². The van der Waals surface area contributed by atoms with E-state index in [1.165, 1.54) is 6.42 Å². The molecule has 0 atom stereocenters. The van der Waals surface area contributed by atoms with Gasteiger partial charge in [0.1, 0.15) is 0 Å². The Morgan fingerprint density at radius 2 is 1.50 bits per heavy atom. The van der Waals surface area contributed by atoms with Crippen LogP contribution in [0.4, 0.5) is 0 Å². The second-order valence-electron chi connectivity index (χ2n) is 4.88. The van der Waals surface area contributed by atoms with Crippen LogP contribution < -0.4 is 0 Å². The normalized spacial score (nSPS) is 14.0. The van der Waals surface area contributed by atoms with Gasteiger partial charge in [-0.2, -0.15) is 0 Å². The van der Waals surface area contributed by atoms with Gasteiger partial charge in [-0.25, -0.2) is 0 Å². The Morgan fingerprint density at radius 1 is 1.08 bits per heavy atom. The van der Waals surface area contributed by atoms with Crippen LogP contribution in [0.25, 0.3) is 0 Å². The van der Waals surface area contributed by atoms with Crippen molar-refractivity contribution in [3.05, 3.63) is 0 Å². The number of halogens is 1. The zero-order valence-corrected chi connectivity index (χ0v) is 11.4. The third-order valence-corrected chi connectivity index (χ3v) is 3.21. The number of hydrogen-bond donors (Lipinski definition) is 0. The zero-order valence-electron chi connectivity index (χ0n) is 9.24. The molecule has 0 amide bonds. The highest BCUT2D eigenvalue weighted by molar-refractivity contribution is 14.1. The molecule has 0 aliphatic carbocycles. The van der Waals surface area contributed by atoms with Gasteiger partial charge in [0.25, 0.3) is 0 Å². The average molecular weight is 283 g/mol. The molecule has 0 saturated heterocycles. The fourth-order valence-corrected chi connectivity index (χ4v) is 3.39. The second kappa shape index (κ2) is 4.27. The first-order valence-electron chi connectivity index (χ1n) is 4.59. The molecule has 12 heavy (non-hydrogen) atoms. The summed E-state index contributed by atoms with van der Waals surface area (Å²) < 4.78 is 1.10. The van der Waals surface area contributed by atoms with Gasteiger partial charge in [-0.15, -0.1) is 0 Å². The molecule has 0 N–H and O–H groups in total. The summed E-state index contributed by atoms with van der Waals surface area (Å²) in [6.45, 7) is 13.7. The van der Waals surface area contributed by atoms with Gasteiger partial charge >= 0.3 is 0 Å². The third kappa shape index (κ3) is 3.21. The van der Waals surface area contributed by atoms with E-state index in [4.69, 9.17) is 0 Å². The Hall–Kier alpha value is 0.690. The second-order valence-corrected chi connectivity index (χ2v) is 5.57. The highest BCUT2D eigenvalue weighted by atomic mass is 127. The van der Waals surface area contributed by atoms with Crippen molar-refractivity contribution in [3.8, 4) is 0 Å². The summed E-state index contributed by atoms with van der Waals surface area (Å²) >= 11 is 2.45. The van der Waals surface area contributed by atoms with Gasteiger partial charge in [-0.3, -0.25) is 4.90 Å². The first-order valence-corrected chi connectivity index (χ1v) is 6.12. The lowest BCUT2D eigenvalue weighted by Gasteiger charge is -2.45. The molecule has 0 aliphatic rings. The van der Waals surface area contributed by atoms with Crippen LogP contribution in [0.1, 0.15) is 48.0 Å². The van der Waals surface area contributed by atoms with E-state index < -0.39 is 0 Å². The van der Waals surface area contributed by atoms with Crippen LogP contribution in [0.2, 0.25) is 0 Å². The summed E-state index contributed by atoms with van der Waals surface area (Å²) in [5, 5.41) is 0. The fourth-order valence-electron chi connectivity index (χ4n) is 1.44. The van der Waals surface area contributed by atoms with Crippen LogP contribution in [-0.2, 0) is 0 Å². The minimum Gasteiger partial charge on any atom is -0.284 e. The topological polar surface area (TPSA) is 3.24 Å². The molecule has 0 aromatic rings. The van der Waals surface area contributed by atoms with Crippen molar-refractivity contribution in [3.63, 3.8) is 0 Å². The average Bonchev–Trinajstić information content (AvgIpc) is 1.85. The summed E-state index contributed by atoms with van der Waals surface area (Å²) in [5.41, 5.74) is 0.597. The Balaban J connectivity index is 4.56. The zero-order chi connectivity index (χ0) is 9.99. The Labute approximate surface area is 91.0 Å². The van der Waals surface area contributed by atoms with E-state index in [9.17, 15) is 0 Å². The molecule has 2 heteroatoms. The lowest BCUT2D eigenvalue weighted by molar-refractivity contribution is 0.0504. The van der Waals surface area contributed by atoms with Crippen molar-refractivity contribution in [2.45, 2.75) is 59.0 Å². The summed E-state index contributed by atoms with van der Waals surface area (Å²) in [5.74, 6) is 0. The van der Waals surface area contributed by atoms with Crippen LogP contribution in [0.5, 0.6) is 0 Å². The number of nitrogens with zero attached hydrogens (tertiary/aromatic N) is 1. The summed E-state index contributed by atoms with van der Waals surface area (Å²) in [6.07, 6.45) is 1.20. The van der Waals surface area contributed by atoms with Gasteiger partial charge in [-0.05, 0) is 41.0 Å². The van der Waals surface area contributed by atoms with Crippen LogP contribution in [-0.4, -0.2) is 20.5 Å². The highest BCUT2D eigenvalue weighted by Crippen LogP contribution is 2.28. The first-order chi connectivity index (χ1) is 5.25. The quantitative estimate of drug-likeness (QED) is 0.434. The number of alkyl halides is 1. The van der Waals surface area contributed by atoms with E-state index in [-0.39, 0.29) is 5.54 Å². The predicted molar refractivity (Wildman–Crippen MR) is 64.8 cm³/mol. The van der Waals surface area contributed by atoms with Crippen molar-refractivity contribution in [2.75, 3.05) is 4.55 Å². The van der Waals surface area contributed by atoms with Gasteiger partial charge in [0, 0.05) is 11.1 Å². The standard InChI is InChI=1S/C10H22IN/c1-7-10(5,6)12(8-11)9(2,3)4/h7-8H2,1-6H3. The minimum atomic E-state index is 0.278. The molecule has 0 aromatic heterocycles. The van der Waals surface area contributed by atoms with Gasteiger partial charge < -0.3 is 0 Å². The first kappa shape index (κ1) is 12.7. The molecule has 0 aliphatic heterocycles. The SMILES string of the molecule is CCC(C)(C)N(CI)C(C)(C)C. The Bertz CT molecular complexity index is 135. The summed E-state index contributed by atoms with van der Waals surface area (Å²) in [4.78, 5) is 2.54. The molecule has 0 heterocycles. The van der Waals surface area contributed by atoms with Crippen molar-refractivity contribution >= 4 is 22.6 Å². The monoisotopic (exact) mass is 283 g/mol. The lowest BCUT2D eigenvalue weighted by atomic mass is 9.93. The maximum absolute atomic E-state index is 2.54. The predicted octanol–water partition coefficient (Wildman–Crippen LogP) is 3.67. The largest absolute Gasteiger partial charge is 0.284 e. The maximum atomic E-state index is 2.54. The van der Waals surface area contributed by atoms with Gasteiger partial charge in [0.15, 0.2) is 0 Å². The van der Waals surface area contributed by atoms with E-state index in [0.29, 0.717) is 5.54 Å². The van der Waals surface area contributed by atoms with Crippen LogP contribution in [0.15, 0.2) is 0 Å². The van der Waals surface area contributed by atoms with Crippen molar-refractivity contribution in [1.29, 1.82) is 0 Å². The summed E-state index contributed by atoms with van der Waals surface area (Å²) in [7, 11) is 0. The van der Waals surface area contributed by atoms with Gasteiger partial charge in [0.05, 0.1) is 4.55 Å². The maximum Gasteiger partial charge on any atom is 0.0516 e. The Kier molecular flexibility index (Phi) is 4.51. The molecule has 74 valence electrons. The van der Waals surface area contributed by atoms with Crippen molar-refractivity contribution in [1.82, 2.24) is 4.90 Å². The molecule has 0 saturated carbocycles. The Morgan fingerprint density at radius 3 is 1.58 bits per heavy atom. The molecule has 0 rings (SSSR count). The highest BCUT2D eigenvalue weighted by Gasteiger charge is 2.32. The van der Waals surface area contributed by atoms with E-state index in [0.717, 1.165) is 4.55 Å². The molecule has 0 fully saturated rings. The molecule has 0 unspecified atom stereocenters. The molecular formula is C10H22IN. The fraction of sp³-hybridized carbons (Fsp3) is 1.00. The number of rotatable bonds is 3. The summed E-state index contributed by atoms with van der Waals surface area (Å²) in [6, 6.07) is 0. The van der Waals surface area contributed by atoms with E-state index >= 15 is 0 Å². The van der Waals surface area contributed by atoms with Crippen LogP contribution in [0, 0.1) is 0 Å². The third-order valence-electron chi connectivity index (χ3n) is 2.53. The molecular weight excluding hydrogens is 261 g/mol. The molecule has 0 bridgehead atoms. The van der Waals surface area contributed by atoms with Crippen LogP contribution in [0.3, 0.4) is 0 Å². The molecule has 0 spiro atoms.